The molecule has 0 aromatic heterocycles. The van der Waals surface area contributed by atoms with Gasteiger partial charge in [0.2, 0.25) is 0 Å². The molecule has 200 valence electrons. The number of nitro groups is 1. The molecule has 4 aromatic carbocycles. The number of aryl methyl sites for hydroxylation is 1. The van der Waals surface area contributed by atoms with Crippen LogP contribution in [0, 0.1) is 22.5 Å². The molecule has 1 fully saturated rings. The summed E-state index contributed by atoms with van der Waals surface area (Å²) in [7, 11) is 0. The second-order valence-electron chi connectivity index (χ2n) is 10.8. The first-order valence-electron chi connectivity index (χ1n) is 13.4. The summed E-state index contributed by atoms with van der Waals surface area (Å²) in [6.07, 6.45) is 3.78. The third-order valence-electron chi connectivity index (χ3n) is 8.76. The molecule has 1 spiro atoms. The molecule has 7 heteroatoms. The highest BCUT2D eigenvalue weighted by molar-refractivity contribution is 6.32. The minimum absolute atomic E-state index is 0.152. The molecule has 1 unspecified atom stereocenters. The number of non-ortho nitro benzene ring substituents is 1. The molecule has 41 heavy (non-hydrogen) atoms. The van der Waals surface area contributed by atoms with Crippen molar-refractivity contribution >= 4 is 34.8 Å². The number of anilines is 1. The third-order valence-corrected chi connectivity index (χ3v) is 8.76. The molecule has 7 nitrogen and oxygen atoms in total. The van der Waals surface area contributed by atoms with E-state index in [0.717, 1.165) is 16.8 Å². The second-order valence-corrected chi connectivity index (χ2v) is 10.8. The summed E-state index contributed by atoms with van der Waals surface area (Å²) in [6, 6.07) is 25.9. The number of hydrogen-bond acceptors (Lipinski definition) is 6. The van der Waals surface area contributed by atoms with Gasteiger partial charge < -0.3 is 4.90 Å². The number of hydrogen-bond donors (Lipinski definition) is 0. The van der Waals surface area contributed by atoms with Crippen molar-refractivity contribution in [2.45, 2.75) is 24.9 Å². The van der Waals surface area contributed by atoms with Crippen LogP contribution in [0.2, 0.25) is 0 Å². The van der Waals surface area contributed by atoms with Crippen LogP contribution in [0.5, 0.6) is 0 Å². The van der Waals surface area contributed by atoms with Gasteiger partial charge in [0.1, 0.15) is 11.5 Å². The van der Waals surface area contributed by atoms with E-state index in [1.54, 1.807) is 30.3 Å². The van der Waals surface area contributed by atoms with Gasteiger partial charge in [-0.2, -0.15) is 0 Å². The summed E-state index contributed by atoms with van der Waals surface area (Å²) in [5.74, 6) is -1.86. The Kier molecular flexibility index (Phi) is 5.41. The van der Waals surface area contributed by atoms with Gasteiger partial charge in [-0.05, 0) is 24.1 Å². The molecule has 2 heterocycles. The second kappa shape index (κ2) is 8.93. The summed E-state index contributed by atoms with van der Waals surface area (Å²) < 4.78 is 0. The van der Waals surface area contributed by atoms with Gasteiger partial charge in [0, 0.05) is 40.4 Å². The predicted octanol–water partition coefficient (Wildman–Crippen LogP) is 6.22. The van der Waals surface area contributed by atoms with Crippen molar-refractivity contribution in [2.75, 3.05) is 4.90 Å². The van der Waals surface area contributed by atoms with Crippen molar-refractivity contribution in [3.63, 3.8) is 0 Å². The SMILES string of the molecule is Cc1ccc([C@H]2[C@H](C(=O)c3cccc([N+](=O)[O-])c3)N3c4ccccc4C=CC3C23C(=O)c2ccccc2C3=O)cc1. The molecule has 1 saturated heterocycles. The van der Waals surface area contributed by atoms with Crippen molar-refractivity contribution < 1.29 is 19.3 Å². The van der Waals surface area contributed by atoms with Crippen LogP contribution < -0.4 is 4.90 Å². The van der Waals surface area contributed by atoms with Crippen molar-refractivity contribution in [3.8, 4) is 0 Å². The van der Waals surface area contributed by atoms with Crippen LogP contribution in [-0.4, -0.2) is 34.4 Å². The first kappa shape index (κ1) is 24.8. The van der Waals surface area contributed by atoms with Crippen LogP contribution >= 0.6 is 0 Å². The molecule has 7 rings (SSSR count). The number of ketones is 3. The summed E-state index contributed by atoms with van der Waals surface area (Å²) in [4.78, 5) is 56.9. The maximum Gasteiger partial charge on any atom is 0.270 e. The number of Topliss-reactive ketones (excluding diaryl/α,β-unsaturated/α-hetero) is 3. The van der Waals surface area contributed by atoms with Crippen LogP contribution in [-0.2, 0) is 0 Å². The number of nitro benzene ring substituents is 1. The third kappa shape index (κ3) is 3.35. The molecule has 0 radical (unpaired) electrons. The van der Waals surface area contributed by atoms with Gasteiger partial charge in [-0.3, -0.25) is 24.5 Å². The minimum Gasteiger partial charge on any atom is -0.352 e. The van der Waals surface area contributed by atoms with E-state index < -0.39 is 28.3 Å². The highest BCUT2D eigenvalue weighted by Crippen LogP contribution is 2.61. The van der Waals surface area contributed by atoms with Gasteiger partial charge in [-0.1, -0.05) is 96.6 Å². The summed E-state index contributed by atoms with van der Waals surface area (Å²) in [6.45, 7) is 1.95. The number of para-hydroxylation sites is 1. The Bertz CT molecular complexity index is 1790. The largest absolute Gasteiger partial charge is 0.352 e. The molecule has 2 aliphatic heterocycles. The summed E-state index contributed by atoms with van der Waals surface area (Å²) in [5.41, 5.74) is 2.32. The van der Waals surface area contributed by atoms with E-state index >= 15 is 0 Å². The Hall–Kier alpha value is -5.17. The fourth-order valence-corrected chi connectivity index (χ4v) is 7.01. The first-order valence-corrected chi connectivity index (χ1v) is 13.4. The van der Waals surface area contributed by atoms with Crippen LogP contribution in [0.15, 0.2) is 103 Å². The Morgan fingerprint density at radius 2 is 1.51 bits per heavy atom. The summed E-state index contributed by atoms with van der Waals surface area (Å²) in [5, 5.41) is 11.6. The van der Waals surface area contributed by atoms with E-state index in [2.05, 4.69) is 0 Å². The Morgan fingerprint density at radius 3 is 2.20 bits per heavy atom. The highest BCUT2D eigenvalue weighted by Gasteiger charge is 2.71. The lowest BCUT2D eigenvalue weighted by Crippen LogP contribution is -2.48. The van der Waals surface area contributed by atoms with Crippen LogP contribution in [0.1, 0.15) is 53.7 Å². The lowest BCUT2D eigenvalue weighted by molar-refractivity contribution is -0.384. The molecule has 3 aliphatic rings. The van der Waals surface area contributed by atoms with Gasteiger partial charge in [0.05, 0.1) is 11.0 Å². The molecular formula is C34H24N2O5. The molecule has 0 bridgehead atoms. The highest BCUT2D eigenvalue weighted by atomic mass is 16.6. The van der Waals surface area contributed by atoms with Crippen LogP contribution in [0.4, 0.5) is 11.4 Å². The molecule has 0 saturated carbocycles. The van der Waals surface area contributed by atoms with E-state index in [9.17, 15) is 24.5 Å². The minimum atomic E-state index is -1.61. The first-order chi connectivity index (χ1) is 19.8. The van der Waals surface area contributed by atoms with Gasteiger partial charge in [0.25, 0.3) is 5.69 Å². The van der Waals surface area contributed by atoms with Gasteiger partial charge in [0.15, 0.2) is 17.3 Å². The van der Waals surface area contributed by atoms with Gasteiger partial charge in [-0.25, -0.2) is 0 Å². The zero-order chi connectivity index (χ0) is 28.5. The number of fused-ring (bicyclic) bond motifs is 5. The van der Waals surface area contributed by atoms with E-state index in [1.165, 1.54) is 18.2 Å². The Balaban J connectivity index is 1.54. The van der Waals surface area contributed by atoms with Crippen LogP contribution in [0.25, 0.3) is 6.08 Å². The number of rotatable bonds is 4. The quantitative estimate of drug-likeness (QED) is 0.132. The lowest BCUT2D eigenvalue weighted by atomic mass is 9.64. The lowest BCUT2D eigenvalue weighted by Gasteiger charge is -2.37. The topological polar surface area (TPSA) is 97.6 Å². The number of carbonyl (C=O) groups is 3. The number of nitrogens with zero attached hydrogens (tertiary/aromatic N) is 2. The average Bonchev–Trinajstić information content (AvgIpc) is 3.43. The zero-order valence-electron chi connectivity index (χ0n) is 22.1. The molecule has 0 N–H and O–H groups in total. The molecule has 0 amide bonds. The van der Waals surface area contributed by atoms with Crippen LogP contribution in [0.3, 0.4) is 0 Å². The van der Waals surface area contributed by atoms with E-state index in [-0.39, 0.29) is 28.6 Å². The standard InChI is InChI=1S/C34H24N2O5/c1-20-13-15-22(16-14-20)29-30(31(37)23-8-6-9-24(19-23)36(40)41)35-27-12-5-2-7-21(27)17-18-28(35)34(29)32(38)25-10-3-4-11-26(25)33(34)39/h2-19,28-30H,1H3/t28?,29-,30+/m0/s1. The fraction of sp³-hybridized carbons (Fsp3) is 0.147. The Morgan fingerprint density at radius 1 is 0.854 bits per heavy atom. The fourth-order valence-electron chi connectivity index (χ4n) is 7.01. The molecule has 4 aromatic rings. The predicted molar refractivity (Wildman–Crippen MR) is 154 cm³/mol. The normalized spacial score (nSPS) is 21.5. The Labute approximate surface area is 235 Å². The van der Waals surface area contributed by atoms with Crippen molar-refractivity contribution in [1.29, 1.82) is 0 Å². The smallest absolute Gasteiger partial charge is 0.270 e. The maximum absolute atomic E-state index is 14.7. The van der Waals surface area contributed by atoms with Crippen molar-refractivity contribution in [3.05, 3.63) is 147 Å². The molecule has 3 atom stereocenters. The zero-order valence-corrected chi connectivity index (χ0v) is 22.1. The number of carbonyl (C=O) groups excluding carboxylic acids is 3. The molecular weight excluding hydrogens is 516 g/mol. The van der Waals surface area contributed by atoms with E-state index in [4.69, 9.17) is 0 Å². The van der Waals surface area contributed by atoms with E-state index in [1.807, 2.05) is 72.5 Å². The van der Waals surface area contributed by atoms with Gasteiger partial charge in [-0.15, -0.1) is 0 Å². The molecule has 1 aliphatic carbocycles. The average molecular weight is 541 g/mol. The van der Waals surface area contributed by atoms with Crippen molar-refractivity contribution in [2.24, 2.45) is 5.41 Å². The summed E-state index contributed by atoms with van der Waals surface area (Å²) >= 11 is 0. The monoisotopic (exact) mass is 540 g/mol. The van der Waals surface area contributed by atoms with Crippen molar-refractivity contribution in [1.82, 2.24) is 0 Å². The maximum atomic E-state index is 14.7. The van der Waals surface area contributed by atoms with Gasteiger partial charge >= 0.3 is 0 Å². The van der Waals surface area contributed by atoms with E-state index in [0.29, 0.717) is 16.7 Å². The number of benzene rings is 4.